The number of alkyl halides is 2. The van der Waals surface area contributed by atoms with Gasteiger partial charge in [-0.05, 0) is 0 Å². The molecule has 0 amide bonds. The van der Waals surface area contributed by atoms with E-state index in [0.717, 1.165) is 12.8 Å². The van der Waals surface area contributed by atoms with Crippen LogP contribution in [0.4, 0.5) is 8.78 Å². The van der Waals surface area contributed by atoms with Gasteiger partial charge >= 0.3 is 66.6 Å². The summed E-state index contributed by atoms with van der Waals surface area (Å²) in [4.78, 5) is 0. The van der Waals surface area contributed by atoms with Crippen LogP contribution in [0.2, 0.25) is 10.4 Å². The first-order valence-corrected chi connectivity index (χ1v) is 7.00. The average molecular weight is 210 g/mol. The van der Waals surface area contributed by atoms with Crippen molar-refractivity contribution in [1.82, 2.24) is 0 Å². The van der Waals surface area contributed by atoms with Gasteiger partial charge in [0.25, 0.3) is 0 Å². The summed E-state index contributed by atoms with van der Waals surface area (Å²) in [6.07, 6.45) is 1.86. The van der Waals surface area contributed by atoms with Gasteiger partial charge in [-0.3, -0.25) is 0 Å². The molecule has 60 valence electrons. The Morgan fingerprint density at radius 3 is 2.20 bits per heavy atom. The van der Waals surface area contributed by atoms with E-state index in [-0.39, 0.29) is 28.6 Å². The molecule has 3 heteroatoms. The molecule has 10 heavy (non-hydrogen) atoms. The summed E-state index contributed by atoms with van der Waals surface area (Å²) >= 11 is 0.0942. The maximum atomic E-state index is 12.5. The molecule has 0 radical (unpaired) electrons. The van der Waals surface area contributed by atoms with Gasteiger partial charge in [-0.25, -0.2) is 0 Å². The third-order valence-corrected chi connectivity index (χ3v) is 5.05. The summed E-state index contributed by atoms with van der Waals surface area (Å²) in [7, 11) is 0. The van der Waals surface area contributed by atoms with Crippen LogP contribution in [0.3, 0.4) is 0 Å². The first kappa shape index (κ1) is 8.51. The van der Waals surface area contributed by atoms with Gasteiger partial charge in [-0.15, -0.1) is 0 Å². The zero-order valence-electron chi connectivity index (χ0n) is 6.16. The Balaban J connectivity index is 2.31. The van der Waals surface area contributed by atoms with Crippen molar-refractivity contribution in [1.29, 1.82) is 0 Å². The standard InChI is InChI=1S/C7H13AsF2/c1-8-6-2-4-7(9,10)5-3-6/h6,8H,2-5H2,1H3. The molecule has 1 unspecified atom stereocenters. The summed E-state index contributed by atoms with van der Waals surface area (Å²) in [5.41, 5.74) is 2.20. The van der Waals surface area contributed by atoms with Gasteiger partial charge in [-0.1, -0.05) is 0 Å². The molecular weight excluding hydrogens is 197 g/mol. The Morgan fingerprint density at radius 1 is 1.30 bits per heavy atom. The van der Waals surface area contributed by atoms with Crippen molar-refractivity contribution in [2.24, 2.45) is 0 Å². The van der Waals surface area contributed by atoms with E-state index in [1.165, 1.54) is 0 Å². The van der Waals surface area contributed by atoms with Gasteiger partial charge in [-0.2, -0.15) is 0 Å². The minimum absolute atomic E-state index is 0.0942. The summed E-state index contributed by atoms with van der Waals surface area (Å²) in [6.45, 7) is 0. The fourth-order valence-corrected chi connectivity index (χ4v) is 3.15. The van der Waals surface area contributed by atoms with Gasteiger partial charge in [0.2, 0.25) is 0 Å². The Hall–Kier alpha value is 0.418. The fourth-order valence-electron chi connectivity index (χ4n) is 1.33. The Bertz CT molecular complexity index is 104. The summed E-state index contributed by atoms with van der Waals surface area (Å²) in [6, 6.07) is 0. The predicted molar refractivity (Wildman–Crippen MR) is 40.2 cm³/mol. The minimum atomic E-state index is -2.32. The molecule has 1 aliphatic carbocycles. The normalized spacial score (nSPS) is 27.9. The molecule has 0 saturated heterocycles. The number of hydrogen-bond acceptors (Lipinski definition) is 0. The predicted octanol–water partition coefficient (Wildman–Crippen LogP) is 2.47. The van der Waals surface area contributed by atoms with Crippen LogP contribution in [0.5, 0.6) is 0 Å². The third-order valence-electron chi connectivity index (χ3n) is 2.13. The van der Waals surface area contributed by atoms with E-state index in [2.05, 4.69) is 5.71 Å². The van der Waals surface area contributed by atoms with Crippen LogP contribution in [-0.4, -0.2) is 21.7 Å². The molecule has 1 rings (SSSR count). The summed E-state index contributed by atoms with van der Waals surface area (Å²) in [5, 5.41) is 0. The Labute approximate surface area is 67.1 Å². The second kappa shape index (κ2) is 3.21. The first-order valence-electron chi connectivity index (χ1n) is 3.69. The molecule has 0 nitrogen and oxygen atoms in total. The molecule has 1 saturated carbocycles. The van der Waals surface area contributed by atoms with E-state index in [1.54, 1.807) is 0 Å². The van der Waals surface area contributed by atoms with Gasteiger partial charge in [0.1, 0.15) is 0 Å². The molecule has 1 fully saturated rings. The number of hydrogen-bond donors (Lipinski definition) is 0. The van der Waals surface area contributed by atoms with E-state index >= 15 is 0 Å². The van der Waals surface area contributed by atoms with Gasteiger partial charge in [0.15, 0.2) is 0 Å². The molecule has 0 spiro atoms. The van der Waals surface area contributed by atoms with Gasteiger partial charge in [0.05, 0.1) is 0 Å². The number of rotatable bonds is 1. The van der Waals surface area contributed by atoms with E-state index in [9.17, 15) is 8.78 Å². The zero-order valence-corrected chi connectivity index (χ0v) is 8.26. The van der Waals surface area contributed by atoms with Crippen molar-refractivity contribution in [3.05, 3.63) is 0 Å². The molecule has 0 aromatic rings. The van der Waals surface area contributed by atoms with Crippen LogP contribution in [0.1, 0.15) is 25.7 Å². The summed E-state index contributed by atoms with van der Waals surface area (Å²) in [5.74, 6) is -2.32. The van der Waals surface area contributed by atoms with Gasteiger partial charge < -0.3 is 0 Å². The molecule has 0 bridgehead atoms. The van der Waals surface area contributed by atoms with Crippen molar-refractivity contribution in [3.63, 3.8) is 0 Å². The monoisotopic (exact) mass is 210 g/mol. The Morgan fingerprint density at radius 2 is 1.80 bits per heavy atom. The third kappa shape index (κ3) is 2.23. The second-order valence-electron chi connectivity index (χ2n) is 2.92. The zero-order chi connectivity index (χ0) is 7.61. The van der Waals surface area contributed by atoms with E-state index in [1.807, 2.05) is 0 Å². The van der Waals surface area contributed by atoms with Crippen LogP contribution in [0, 0.1) is 0 Å². The molecular formula is C7H13AsF2. The molecule has 0 aliphatic heterocycles. The second-order valence-corrected chi connectivity index (χ2v) is 5.84. The van der Waals surface area contributed by atoms with Crippen LogP contribution in [0.15, 0.2) is 0 Å². The van der Waals surface area contributed by atoms with Crippen molar-refractivity contribution < 1.29 is 8.78 Å². The Kier molecular flexibility index (Phi) is 2.73. The molecule has 1 atom stereocenters. The SMILES string of the molecule is C[AsH]C1CCC(F)(F)CC1. The van der Waals surface area contributed by atoms with E-state index < -0.39 is 5.92 Å². The van der Waals surface area contributed by atoms with Crippen molar-refractivity contribution in [2.75, 3.05) is 0 Å². The molecule has 0 aromatic carbocycles. The topological polar surface area (TPSA) is 0 Å². The van der Waals surface area contributed by atoms with Crippen molar-refractivity contribution >= 4 is 15.8 Å². The maximum absolute atomic E-state index is 12.5. The van der Waals surface area contributed by atoms with Gasteiger partial charge in [0, 0.05) is 0 Å². The quantitative estimate of drug-likeness (QED) is 0.583. The van der Waals surface area contributed by atoms with Crippen molar-refractivity contribution in [3.8, 4) is 0 Å². The molecule has 0 N–H and O–H groups in total. The van der Waals surface area contributed by atoms with E-state index in [0.29, 0.717) is 4.71 Å². The van der Waals surface area contributed by atoms with Crippen LogP contribution in [0.25, 0.3) is 0 Å². The fraction of sp³-hybridized carbons (Fsp3) is 1.00. The number of halogens is 2. The van der Waals surface area contributed by atoms with Crippen LogP contribution >= 0.6 is 0 Å². The molecule has 1 aliphatic rings. The molecule has 0 heterocycles. The summed E-state index contributed by atoms with van der Waals surface area (Å²) < 4.78 is 25.8. The van der Waals surface area contributed by atoms with Crippen LogP contribution in [-0.2, 0) is 0 Å². The van der Waals surface area contributed by atoms with Crippen molar-refractivity contribution in [2.45, 2.75) is 42.0 Å². The molecule has 0 aromatic heterocycles. The van der Waals surface area contributed by atoms with E-state index in [4.69, 9.17) is 0 Å². The first-order chi connectivity index (χ1) is 4.64. The average Bonchev–Trinajstić information content (AvgIpc) is 1.88. The van der Waals surface area contributed by atoms with Crippen LogP contribution < -0.4 is 0 Å².